The molecule has 1 heterocycles. The molecule has 0 saturated carbocycles. The van der Waals surface area contributed by atoms with E-state index in [1.165, 1.54) is 24.4 Å². The Balaban J connectivity index is 2.47. The van der Waals surface area contributed by atoms with E-state index in [0.29, 0.717) is 18.1 Å². The first-order valence-electron chi connectivity index (χ1n) is 6.11. The highest BCUT2D eigenvalue weighted by atomic mass is 19.1. The number of nitrogen functional groups attached to an aromatic ring is 1. The molecule has 5 nitrogen and oxygen atoms in total. The van der Waals surface area contributed by atoms with Gasteiger partial charge in [0.25, 0.3) is 5.91 Å². The van der Waals surface area contributed by atoms with Crippen LogP contribution in [0.3, 0.4) is 0 Å². The molecule has 0 atom stereocenters. The normalized spacial score (nSPS) is 10.3. The van der Waals surface area contributed by atoms with Crippen LogP contribution in [-0.2, 0) is 0 Å². The minimum Gasteiger partial charge on any atom is -0.397 e. The smallest absolute Gasteiger partial charge is 0.250 e. The first-order chi connectivity index (χ1) is 9.52. The number of hydrogen-bond donors (Lipinski definition) is 2. The number of carbonyl (C=O) groups is 1. The fourth-order valence-electron chi connectivity index (χ4n) is 1.94. The zero-order valence-electron chi connectivity index (χ0n) is 11.0. The van der Waals surface area contributed by atoms with E-state index in [1.807, 2.05) is 6.92 Å². The van der Waals surface area contributed by atoms with Crippen LogP contribution >= 0.6 is 0 Å². The van der Waals surface area contributed by atoms with E-state index in [1.54, 1.807) is 17.0 Å². The highest BCUT2D eigenvalue weighted by Gasteiger charge is 2.13. The molecule has 2 aromatic rings. The molecule has 1 aromatic heterocycles. The summed E-state index contributed by atoms with van der Waals surface area (Å²) in [5, 5.41) is 0. The van der Waals surface area contributed by atoms with Crippen molar-refractivity contribution in [2.45, 2.75) is 6.92 Å². The Labute approximate surface area is 116 Å². The molecule has 0 aliphatic carbocycles. The van der Waals surface area contributed by atoms with Crippen LogP contribution in [-0.4, -0.2) is 17.4 Å². The van der Waals surface area contributed by atoms with Crippen molar-refractivity contribution < 1.29 is 9.18 Å². The summed E-state index contributed by atoms with van der Waals surface area (Å²) in [5.41, 5.74) is 12.0. The number of amides is 1. The molecule has 1 aromatic carbocycles. The van der Waals surface area contributed by atoms with Crippen LogP contribution in [0.5, 0.6) is 0 Å². The van der Waals surface area contributed by atoms with Gasteiger partial charge in [0, 0.05) is 12.2 Å². The summed E-state index contributed by atoms with van der Waals surface area (Å²) in [4.78, 5) is 17.2. The largest absolute Gasteiger partial charge is 0.397 e. The molecule has 0 saturated heterocycles. The van der Waals surface area contributed by atoms with Crippen LogP contribution in [0.15, 0.2) is 36.5 Å². The molecule has 0 spiro atoms. The number of halogens is 1. The summed E-state index contributed by atoms with van der Waals surface area (Å²) in [7, 11) is 0. The Morgan fingerprint density at radius 3 is 2.75 bits per heavy atom. The van der Waals surface area contributed by atoms with Gasteiger partial charge in [-0.1, -0.05) is 6.07 Å². The molecule has 0 aliphatic heterocycles. The highest BCUT2D eigenvalue weighted by molar-refractivity contribution is 5.98. The maximum Gasteiger partial charge on any atom is 0.250 e. The molecule has 0 radical (unpaired) electrons. The predicted molar refractivity (Wildman–Crippen MR) is 76.2 cm³/mol. The average molecular weight is 274 g/mol. The zero-order valence-corrected chi connectivity index (χ0v) is 11.0. The Morgan fingerprint density at radius 1 is 1.40 bits per heavy atom. The van der Waals surface area contributed by atoms with Gasteiger partial charge in [-0.25, -0.2) is 9.37 Å². The lowest BCUT2D eigenvalue weighted by Crippen LogP contribution is -2.20. The van der Waals surface area contributed by atoms with Gasteiger partial charge in [0.05, 0.1) is 17.4 Å². The molecule has 2 rings (SSSR count). The predicted octanol–water partition coefficient (Wildman–Crippen LogP) is 2.06. The van der Waals surface area contributed by atoms with E-state index in [9.17, 15) is 9.18 Å². The second-order valence-corrected chi connectivity index (χ2v) is 4.22. The number of aromatic nitrogens is 1. The number of carbonyl (C=O) groups excluding carboxylic acids is 1. The first-order valence-corrected chi connectivity index (χ1v) is 6.11. The maximum atomic E-state index is 13.3. The molecule has 0 unspecified atom stereocenters. The molecule has 0 fully saturated rings. The van der Waals surface area contributed by atoms with Crippen LogP contribution in [0.2, 0.25) is 0 Å². The van der Waals surface area contributed by atoms with Gasteiger partial charge in [-0.05, 0) is 31.2 Å². The molecular formula is C14H15FN4O. The van der Waals surface area contributed by atoms with E-state index in [-0.39, 0.29) is 17.1 Å². The standard InChI is InChI=1S/C14H15FN4O/c1-2-19(10-5-3-4-9(15)6-10)13-7-11(14(17)20)12(16)8-18-13/h3-8H,2,16H2,1H3,(H2,17,20). The number of hydrogen-bond acceptors (Lipinski definition) is 4. The van der Waals surface area contributed by atoms with Gasteiger partial charge < -0.3 is 16.4 Å². The first kappa shape index (κ1) is 13.8. The number of pyridine rings is 1. The monoisotopic (exact) mass is 274 g/mol. The van der Waals surface area contributed by atoms with Crippen molar-refractivity contribution in [2.75, 3.05) is 17.2 Å². The summed E-state index contributed by atoms with van der Waals surface area (Å²) in [5.74, 6) is -0.478. The van der Waals surface area contributed by atoms with Gasteiger partial charge in [-0.3, -0.25) is 4.79 Å². The SMILES string of the molecule is CCN(c1cccc(F)c1)c1cc(C(N)=O)c(N)cn1. The van der Waals surface area contributed by atoms with Gasteiger partial charge >= 0.3 is 0 Å². The number of rotatable bonds is 4. The Morgan fingerprint density at radius 2 is 2.15 bits per heavy atom. The van der Waals surface area contributed by atoms with E-state index in [4.69, 9.17) is 11.5 Å². The highest BCUT2D eigenvalue weighted by Crippen LogP contribution is 2.26. The van der Waals surface area contributed by atoms with Gasteiger partial charge in [-0.15, -0.1) is 0 Å². The second-order valence-electron chi connectivity index (χ2n) is 4.22. The minimum atomic E-state index is -0.624. The van der Waals surface area contributed by atoms with Crippen molar-refractivity contribution in [1.29, 1.82) is 0 Å². The average Bonchev–Trinajstić information content (AvgIpc) is 2.41. The van der Waals surface area contributed by atoms with Crippen LogP contribution in [0.25, 0.3) is 0 Å². The fourth-order valence-corrected chi connectivity index (χ4v) is 1.94. The number of primary amides is 1. The van der Waals surface area contributed by atoms with Gasteiger partial charge in [-0.2, -0.15) is 0 Å². The summed E-state index contributed by atoms with van der Waals surface area (Å²) in [6.07, 6.45) is 1.37. The number of anilines is 3. The molecule has 1 amide bonds. The van der Waals surface area contributed by atoms with Crippen molar-refractivity contribution in [1.82, 2.24) is 4.98 Å². The Kier molecular flexibility index (Phi) is 3.84. The lowest BCUT2D eigenvalue weighted by Gasteiger charge is -2.22. The zero-order chi connectivity index (χ0) is 14.7. The molecule has 0 bridgehead atoms. The van der Waals surface area contributed by atoms with E-state index in [0.717, 1.165) is 0 Å². The van der Waals surface area contributed by atoms with E-state index < -0.39 is 5.91 Å². The van der Waals surface area contributed by atoms with Crippen molar-refractivity contribution in [3.05, 3.63) is 47.9 Å². The van der Waals surface area contributed by atoms with Crippen LogP contribution in [0, 0.1) is 5.82 Å². The second kappa shape index (κ2) is 5.56. The topological polar surface area (TPSA) is 85.2 Å². The van der Waals surface area contributed by atoms with Crippen molar-refractivity contribution >= 4 is 23.1 Å². The van der Waals surface area contributed by atoms with Crippen molar-refractivity contribution in [3.63, 3.8) is 0 Å². The lowest BCUT2D eigenvalue weighted by molar-refractivity contribution is 0.100. The summed E-state index contributed by atoms with van der Waals surface area (Å²) < 4.78 is 13.3. The molecule has 4 N–H and O–H groups in total. The molecule has 0 aliphatic rings. The van der Waals surface area contributed by atoms with E-state index >= 15 is 0 Å². The minimum absolute atomic E-state index is 0.199. The van der Waals surface area contributed by atoms with Crippen LogP contribution < -0.4 is 16.4 Å². The summed E-state index contributed by atoms with van der Waals surface area (Å²) >= 11 is 0. The molecular weight excluding hydrogens is 259 g/mol. The van der Waals surface area contributed by atoms with Crippen LogP contribution in [0.1, 0.15) is 17.3 Å². The number of nitrogens with zero attached hydrogens (tertiary/aromatic N) is 2. The van der Waals surface area contributed by atoms with Gasteiger partial charge in [0.2, 0.25) is 0 Å². The van der Waals surface area contributed by atoms with Crippen LogP contribution in [0.4, 0.5) is 21.6 Å². The third kappa shape index (κ3) is 2.69. The van der Waals surface area contributed by atoms with Gasteiger partial charge in [0.15, 0.2) is 0 Å². The summed E-state index contributed by atoms with van der Waals surface area (Å²) in [6.45, 7) is 2.45. The third-order valence-electron chi connectivity index (χ3n) is 2.90. The Hall–Kier alpha value is -2.63. The molecule has 104 valence electrons. The quantitative estimate of drug-likeness (QED) is 0.893. The number of benzene rings is 1. The van der Waals surface area contributed by atoms with Crippen molar-refractivity contribution in [3.8, 4) is 0 Å². The summed E-state index contributed by atoms with van der Waals surface area (Å²) in [6, 6.07) is 7.63. The third-order valence-corrected chi connectivity index (χ3v) is 2.90. The van der Waals surface area contributed by atoms with Crippen molar-refractivity contribution in [2.24, 2.45) is 5.73 Å². The fraction of sp³-hybridized carbons (Fsp3) is 0.143. The Bertz CT molecular complexity index is 645. The van der Waals surface area contributed by atoms with E-state index in [2.05, 4.69) is 4.98 Å². The molecule has 20 heavy (non-hydrogen) atoms. The molecule has 6 heteroatoms. The van der Waals surface area contributed by atoms with Gasteiger partial charge in [0.1, 0.15) is 11.6 Å². The maximum absolute atomic E-state index is 13.3. The number of nitrogens with two attached hydrogens (primary N) is 2. The lowest BCUT2D eigenvalue weighted by atomic mass is 10.2.